The van der Waals surface area contributed by atoms with E-state index in [1.807, 2.05) is 0 Å². The monoisotopic (exact) mass is 213 g/mol. The van der Waals surface area contributed by atoms with Crippen molar-refractivity contribution in [2.45, 2.75) is 32.6 Å². The van der Waals surface area contributed by atoms with Crippen LogP contribution in [0.5, 0.6) is 0 Å². The van der Waals surface area contributed by atoms with Crippen LogP contribution in [0, 0.1) is 0 Å². The van der Waals surface area contributed by atoms with Gasteiger partial charge in [0.1, 0.15) is 0 Å². The second-order valence-corrected chi connectivity index (χ2v) is 4.70. The molecule has 15 heavy (non-hydrogen) atoms. The van der Waals surface area contributed by atoms with E-state index in [-0.39, 0.29) is 0 Å². The van der Waals surface area contributed by atoms with Crippen LogP contribution in [0.1, 0.15) is 32.6 Å². The Morgan fingerprint density at radius 2 is 1.60 bits per heavy atom. The highest BCUT2D eigenvalue weighted by atomic mass is 15.6. The van der Waals surface area contributed by atoms with E-state index in [1.165, 1.54) is 58.4 Å². The lowest BCUT2D eigenvalue weighted by atomic mass is 10.2. The van der Waals surface area contributed by atoms with Crippen molar-refractivity contribution < 1.29 is 0 Å². The first-order valence-electron chi connectivity index (χ1n) is 6.38. The number of rotatable bonds is 6. The van der Waals surface area contributed by atoms with Gasteiger partial charge in [0.15, 0.2) is 0 Å². The summed E-state index contributed by atoms with van der Waals surface area (Å²) in [7, 11) is 4.27. The summed E-state index contributed by atoms with van der Waals surface area (Å²) in [6, 6.07) is 0. The quantitative estimate of drug-likeness (QED) is 0.621. The molecule has 0 radical (unpaired) electrons. The van der Waals surface area contributed by atoms with Crippen LogP contribution < -0.4 is 0 Å². The fourth-order valence-electron chi connectivity index (χ4n) is 2.12. The Balaban J connectivity index is 2.04. The number of unbranched alkanes of at least 4 members (excludes halogenated alkanes) is 3. The molecule has 1 aliphatic rings. The number of piperazine rings is 1. The standard InChI is InChI=1S/C12H27N3/c1-4-5-6-7-8-14-9-11-15(12-10-14)13(2)3/h4-12H2,1-3H3. The van der Waals surface area contributed by atoms with Crippen molar-refractivity contribution in [1.82, 2.24) is 14.9 Å². The highest BCUT2D eigenvalue weighted by Gasteiger charge is 2.16. The van der Waals surface area contributed by atoms with Crippen molar-refractivity contribution in [3.05, 3.63) is 0 Å². The third kappa shape index (κ3) is 4.96. The maximum absolute atomic E-state index is 2.61. The molecule has 1 aliphatic heterocycles. The van der Waals surface area contributed by atoms with Crippen LogP contribution in [-0.4, -0.2) is 61.7 Å². The summed E-state index contributed by atoms with van der Waals surface area (Å²) in [6.45, 7) is 8.45. The summed E-state index contributed by atoms with van der Waals surface area (Å²) >= 11 is 0. The van der Waals surface area contributed by atoms with Gasteiger partial charge in [-0.1, -0.05) is 26.2 Å². The molecular formula is C12H27N3. The molecule has 0 bridgehead atoms. The maximum atomic E-state index is 2.61. The molecule has 0 atom stereocenters. The van der Waals surface area contributed by atoms with E-state index in [2.05, 4.69) is 35.9 Å². The second kappa shape index (κ2) is 7.20. The summed E-state index contributed by atoms with van der Waals surface area (Å²) in [5.41, 5.74) is 0. The van der Waals surface area contributed by atoms with Crippen LogP contribution in [-0.2, 0) is 0 Å². The zero-order chi connectivity index (χ0) is 11.1. The lowest BCUT2D eigenvalue weighted by Crippen LogP contribution is -2.51. The van der Waals surface area contributed by atoms with E-state index in [9.17, 15) is 0 Å². The molecule has 90 valence electrons. The Morgan fingerprint density at radius 3 is 2.13 bits per heavy atom. The first-order chi connectivity index (χ1) is 7.24. The van der Waals surface area contributed by atoms with Crippen LogP contribution in [0.25, 0.3) is 0 Å². The van der Waals surface area contributed by atoms with Gasteiger partial charge in [0.2, 0.25) is 0 Å². The first kappa shape index (κ1) is 12.9. The lowest BCUT2D eigenvalue weighted by Gasteiger charge is -2.37. The SMILES string of the molecule is CCCCCCN1CCN(N(C)C)CC1. The van der Waals surface area contributed by atoms with Gasteiger partial charge in [-0.25, -0.2) is 10.0 Å². The third-order valence-corrected chi connectivity index (χ3v) is 3.24. The molecule has 0 amide bonds. The predicted octanol–water partition coefficient (Wildman–Crippen LogP) is 1.66. The second-order valence-electron chi connectivity index (χ2n) is 4.70. The average Bonchev–Trinajstić information content (AvgIpc) is 2.25. The summed E-state index contributed by atoms with van der Waals surface area (Å²) in [5.74, 6) is 0. The van der Waals surface area contributed by atoms with Crippen molar-refractivity contribution in [2.75, 3.05) is 46.8 Å². The van der Waals surface area contributed by atoms with Crippen molar-refractivity contribution in [3.63, 3.8) is 0 Å². The molecule has 0 aromatic rings. The van der Waals surface area contributed by atoms with Crippen LogP contribution in [0.4, 0.5) is 0 Å². The fraction of sp³-hybridized carbons (Fsp3) is 1.00. The van der Waals surface area contributed by atoms with Gasteiger partial charge < -0.3 is 4.90 Å². The van der Waals surface area contributed by atoms with Gasteiger partial charge in [0.05, 0.1) is 0 Å². The number of hydrazine groups is 1. The van der Waals surface area contributed by atoms with Crippen LogP contribution in [0.15, 0.2) is 0 Å². The number of hydrogen-bond acceptors (Lipinski definition) is 3. The topological polar surface area (TPSA) is 9.72 Å². The van der Waals surface area contributed by atoms with Crippen molar-refractivity contribution in [3.8, 4) is 0 Å². The first-order valence-corrected chi connectivity index (χ1v) is 6.38. The van der Waals surface area contributed by atoms with E-state index in [4.69, 9.17) is 0 Å². The van der Waals surface area contributed by atoms with Gasteiger partial charge in [-0.2, -0.15) is 0 Å². The Labute approximate surface area is 95.0 Å². The fourth-order valence-corrected chi connectivity index (χ4v) is 2.12. The summed E-state index contributed by atoms with van der Waals surface area (Å²) in [4.78, 5) is 2.61. The highest BCUT2D eigenvalue weighted by molar-refractivity contribution is 4.69. The van der Waals surface area contributed by atoms with Crippen molar-refractivity contribution >= 4 is 0 Å². The molecule has 1 heterocycles. The lowest BCUT2D eigenvalue weighted by molar-refractivity contribution is -0.0189. The molecule has 1 fully saturated rings. The molecule has 3 heteroatoms. The Kier molecular flexibility index (Phi) is 6.22. The largest absolute Gasteiger partial charge is 0.301 e. The minimum atomic E-state index is 1.20. The van der Waals surface area contributed by atoms with Gasteiger partial charge >= 0.3 is 0 Å². The summed E-state index contributed by atoms with van der Waals surface area (Å²) < 4.78 is 0. The predicted molar refractivity (Wildman–Crippen MR) is 65.8 cm³/mol. The minimum Gasteiger partial charge on any atom is -0.301 e. The van der Waals surface area contributed by atoms with Gasteiger partial charge in [-0.05, 0) is 13.0 Å². The number of nitrogens with zero attached hydrogens (tertiary/aromatic N) is 3. The number of hydrogen-bond donors (Lipinski definition) is 0. The summed E-state index contributed by atoms with van der Waals surface area (Å²) in [6.07, 6.45) is 5.53. The molecule has 0 N–H and O–H groups in total. The molecule has 0 unspecified atom stereocenters. The van der Waals surface area contributed by atoms with E-state index in [0.29, 0.717) is 0 Å². The molecule has 3 nitrogen and oxygen atoms in total. The minimum absolute atomic E-state index is 1.20. The van der Waals surface area contributed by atoms with E-state index in [1.54, 1.807) is 0 Å². The Morgan fingerprint density at radius 1 is 0.933 bits per heavy atom. The third-order valence-electron chi connectivity index (χ3n) is 3.24. The Hall–Kier alpha value is -0.120. The van der Waals surface area contributed by atoms with Gasteiger partial charge in [-0.3, -0.25) is 0 Å². The van der Waals surface area contributed by atoms with Gasteiger partial charge in [-0.15, -0.1) is 0 Å². The van der Waals surface area contributed by atoms with Crippen LogP contribution >= 0.6 is 0 Å². The maximum Gasteiger partial charge on any atom is 0.0261 e. The molecule has 0 saturated carbocycles. The Bertz CT molecular complexity index is 151. The van der Waals surface area contributed by atoms with E-state index >= 15 is 0 Å². The molecule has 0 aromatic carbocycles. The highest BCUT2D eigenvalue weighted by Crippen LogP contribution is 2.06. The molecule has 1 saturated heterocycles. The smallest absolute Gasteiger partial charge is 0.0261 e. The van der Waals surface area contributed by atoms with Crippen LogP contribution in [0.2, 0.25) is 0 Å². The zero-order valence-electron chi connectivity index (χ0n) is 10.7. The summed E-state index contributed by atoms with van der Waals surface area (Å²) in [5, 5.41) is 4.64. The van der Waals surface area contributed by atoms with Crippen molar-refractivity contribution in [1.29, 1.82) is 0 Å². The molecule has 0 spiro atoms. The van der Waals surface area contributed by atoms with Crippen LogP contribution in [0.3, 0.4) is 0 Å². The molecule has 0 aliphatic carbocycles. The average molecular weight is 213 g/mol. The molecule has 1 rings (SSSR count). The molecular weight excluding hydrogens is 186 g/mol. The van der Waals surface area contributed by atoms with Crippen molar-refractivity contribution in [2.24, 2.45) is 0 Å². The molecule has 0 aromatic heterocycles. The zero-order valence-corrected chi connectivity index (χ0v) is 10.7. The van der Waals surface area contributed by atoms with E-state index in [0.717, 1.165) is 0 Å². The van der Waals surface area contributed by atoms with E-state index < -0.39 is 0 Å². The van der Waals surface area contributed by atoms with Gasteiger partial charge in [0, 0.05) is 40.3 Å². The normalized spacial score (nSPS) is 20.0. The van der Waals surface area contributed by atoms with Gasteiger partial charge in [0.25, 0.3) is 0 Å².